The fourth-order valence-electron chi connectivity index (χ4n) is 2.48. The second kappa shape index (κ2) is 6.91. The first kappa shape index (κ1) is 15.8. The lowest BCUT2D eigenvalue weighted by Gasteiger charge is -2.19. The van der Waals surface area contributed by atoms with Crippen molar-refractivity contribution in [2.24, 2.45) is 0 Å². The molecular formula is C13H16Cl2N2O2S. The lowest BCUT2D eigenvalue weighted by molar-refractivity contribution is 0.163. The van der Waals surface area contributed by atoms with E-state index < -0.39 is 0 Å². The molecular weight excluding hydrogens is 319 g/mol. The Bertz CT molecular complexity index is 513. The van der Waals surface area contributed by atoms with Gasteiger partial charge in [-0.25, -0.2) is 5.48 Å². The van der Waals surface area contributed by atoms with E-state index in [4.69, 9.17) is 40.6 Å². The van der Waals surface area contributed by atoms with Crippen LogP contribution in [0, 0.1) is 0 Å². The molecule has 2 rings (SSSR count). The van der Waals surface area contributed by atoms with Gasteiger partial charge in [-0.1, -0.05) is 35.4 Å². The Kier molecular flexibility index (Phi) is 5.46. The number of halogens is 2. The predicted octanol–water partition coefficient (Wildman–Crippen LogP) is 3.18. The van der Waals surface area contributed by atoms with Crippen molar-refractivity contribution in [3.63, 3.8) is 0 Å². The van der Waals surface area contributed by atoms with E-state index in [-0.39, 0.29) is 11.7 Å². The van der Waals surface area contributed by atoms with Gasteiger partial charge in [-0.15, -0.1) is 0 Å². The van der Waals surface area contributed by atoms with Crippen LogP contribution >= 0.6 is 35.4 Å². The highest BCUT2D eigenvalue weighted by Gasteiger charge is 2.31. The monoisotopic (exact) mass is 334 g/mol. The standard InChI is InChI=1S/C13H16Cl2N2O2S/c14-9-2-3-10(18)12(13(9)15)8-6-11(20)17(7-8)5-1-4-16-19/h2-3,8,16,18-19H,1,4-7H2. The molecule has 1 heterocycles. The van der Waals surface area contributed by atoms with Crippen molar-refractivity contribution in [2.75, 3.05) is 19.6 Å². The highest BCUT2D eigenvalue weighted by atomic mass is 35.5. The van der Waals surface area contributed by atoms with Crippen LogP contribution in [0.15, 0.2) is 12.1 Å². The van der Waals surface area contributed by atoms with Crippen molar-refractivity contribution in [2.45, 2.75) is 18.8 Å². The van der Waals surface area contributed by atoms with Gasteiger partial charge in [-0.2, -0.15) is 0 Å². The van der Waals surface area contributed by atoms with Gasteiger partial charge in [0.2, 0.25) is 0 Å². The molecule has 1 aliphatic heterocycles. The molecule has 0 aromatic heterocycles. The average Bonchev–Trinajstić information content (AvgIpc) is 2.76. The zero-order valence-electron chi connectivity index (χ0n) is 10.8. The zero-order valence-corrected chi connectivity index (χ0v) is 13.1. The van der Waals surface area contributed by atoms with Crippen LogP contribution in [0.1, 0.15) is 24.3 Å². The molecule has 0 amide bonds. The minimum absolute atomic E-state index is 0.0517. The van der Waals surface area contributed by atoms with Crippen LogP contribution < -0.4 is 5.48 Å². The maximum absolute atomic E-state index is 10.0. The molecule has 0 spiro atoms. The predicted molar refractivity (Wildman–Crippen MR) is 84.1 cm³/mol. The van der Waals surface area contributed by atoms with Crippen molar-refractivity contribution in [3.05, 3.63) is 27.7 Å². The number of aromatic hydroxyl groups is 1. The van der Waals surface area contributed by atoms with Gasteiger partial charge in [0.1, 0.15) is 5.75 Å². The van der Waals surface area contributed by atoms with Crippen molar-refractivity contribution >= 4 is 40.4 Å². The van der Waals surface area contributed by atoms with E-state index >= 15 is 0 Å². The maximum Gasteiger partial charge on any atom is 0.120 e. The number of likely N-dealkylation sites (tertiary alicyclic amines) is 1. The van der Waals surface area contributed by atoms with Crippen LogP contribution in [0.3, 0.4) is 0 Å². The van der Waals surface area contributed by atoms with Gasteiger partial charge in [0.05, 0.1) is 15.0 Å². The number of phenols is 1. The van der Waals surface area contributed by atoms with Gasteiger partial charge in [0, 0.05) is 37.5 Å². The number of hydrogen-bond acceptors (Lipinski definition) is 4. The van der Waals surface area contributed by atoms with Crippen LogP contribution in [0.2, 0.25) is 10.0 Å². The molecule has 1 aliphatic rings. The molecule has 110 valence electrons. The molecule has 4 nitrogen and oxygen atoms in total. The maximum atomic E-state index is 10.0. The second-order valence-corrected chi connectivity index (χ2v) is 6.05. The summed E-state index contributed by atoms with van der Waals surface area (Å²) in [6.45, 7) is 1.99. The Morgan fingerprint density at radius 3 is 2.85 bits per heavy atom. The van der Waals surface area contributed by atoms with Crippen molar-refractivity contribution in [1.29, 1.82) is 0 Å². The highest BCUT2D eigenvalue weighted by molar-refractivity contribution is 7.80. The van der Waals surface area contributed by atoms with Gasteiger partial charge < -0.3 is 15.2 Å². The lowest BCUT2D eigenvalue weighted by Crippen LogP contribution is -2.27. The summed E-state index contributed by atoms with van der Waals surface area (Å²) in [5.74, 6) is 0.210. The number of nitrogens with zero attached hydrogens (tertiary/aromatic N) is 1. The molecule has 1 saturated heterocycles. The summed E-state index contributed by atoms with van der Waals surface area (Å²) in [5.41, 5.74) is 2.80. The van der Waals surface area contributed by atoms with E-state index in [0.717, 1.165) is 18.0 Å². The van der Waals surface area contributed by atoms with Crippen LogP contribution in [-0.4, -0.2) is 39.8 Å². The zero-order chi connectivity index (χ0) is 14.7. The Morgan fingerprint density at radius 2 is 2.15 bits per heavy atom. The number of phenolic OH excluding ortho intramolecular Hbond substituents is 1. The van der Waals surface area contributed by atoms with E-state index in [1.54, 1.807) is 12.1 Å². The molecule has 0 bridgehead atoms. The van der Waals surface area contributed by atoms with Gasteiger partial charge in [-0.05, 0) is 18.6 Å². The molecule has 1 fully saturated rings. The van der Waals surface area contributed by atoms with Crippen molar-refractivity contribution in [1.82, 2.24) is 10.4 Å². The topological polar surface area (TPSA) is 55.7 Å². The summed E-state index contributed by atoms with van der Waals surface area (Å²) in [6, 6.07) is 3.14. The number of thiocarbonyl (C=S) groups is 1. The third kappa shape index (κ3) is 3.35. The third-order valence-corrected chi connectivity index (χ3v) is 4.69. The van der Waals surface area contributed by atoms with E-state index in [1.165, 1.54) is 0 Å². The molecule has 3 N–H and O–H groups in total. The van der Waals surface area contributed by atoms with Crippen LogP contribution in [0.25, 0.3) is 0 Å². The molecule has 1 atom stereocenters. The fourth-order valence-corrected chi connectivity index (χ4v) is 3.32. The summed E-state index contributed by atoms with van der Waals surface area (Å²) in [6.07, 6.45) is 1.47. The largest absolute Gasteiger partial charge is 0.508 e. The summed E-state index contributed by atoms with van der Waals surface area (Å²) < 4.78 is 0. The SMILES string of the molecule is ONCCCN1CC(c2c(O)ccc(Cl)c2Cl)CC1=S. The van der Waals surface area contributed by atoms with Crippen molar-refractivity contribution < 1.29 is 10.3 Å². The summed E-state index contributed by atoms with van der Waals surface area (Å²) >= 11 is 17.6. The van der Waals surface area contributed by atoms with Gasteiger partial charge in [0.15, 0.2) is 0 Å². The van der Waals surface area contributed by atoms with Crippen molar-refractivity contribution in [3.8, 4) is 5.75 Å². The van der Waals surface area contributed by atoms with E-state index in [9.17, 15) is 5.11 Å². The van der Waals surface area contributed by atoms with Crippen LogP contribution in [-0.2, 0) is 0 Å². The van der Waals surface area contributed by atoms with Gasteiger partial charge in [0.25, 0.3) is 0 Å². The summed E-state index contributed by atoms with van der Waals surface area (Å²) in [5, 5.41) is 19.4. The Labute approximate surface area is 133 Å². The molecule has 7 heteroatoms. The minimum atomic E-state index is 0.0517. The number of hydroxylamine groups is 1. The molecule has 1 aromatic rings. The lowest BCUT2D eigenvalue weighted by atomic mass is 9.97. The Hall–Kier alpha value is -0.590. The minimum Gasteiger partial charge on any atom is -0.508 e. The fraction of sp³-hybridized carbons (Fsp3) is 0.462. The molecule has 0 radical (unpaired) electrons. The highest BCUT2D eigenvalue weighted by Crippen LogP contribution is 2.41. The van der Waals surface area contributed by atoms with Crippen LogP contribution in [0.4, 0.5) is 0 Å². The average molecular weight is 335 g/mol. The normalized spacial score (nSPS) is 18.9. The second-order valence-electron chi connectivity index (χ2n) is 4.80. The first-order chi connectivity index (χ1) is 9.54. The molecule has 20 heavy (non-hydrogen) atoms. The molecule has 1 aromatic carbocycles. The summed E-state index contributed by atoms with van der Waals surface area (Å²) in [4.78, 5) is 2.93. The Balaban J connectivity index is 2.12. The number of nitrogens with one attached hydrogen (secondary N) is 1. The van der Waals surface area contributed by atoms with Gasteiger partial charge >= 0.3 is 0 Å². The Morgan fingerprint density at radius 1 is 1.40 bits per heavy atom. The van der Waals surface area contributed by atoms with E-state index in [2.05, 4.69) is 10.4 Å². The first-order valence-corrected chi connectivity index (χ1v) is 7.52. The van der Waals surface area contributed by atoms with Gasteiger partial charge in [-0.3, -0.25) is 0 Å². The first-order valence-electron chi connectivity index (χ1n) is 6.36. The summed E-state index contributed by atoms with van der Waals surface area (Å²) in [7, 11) is 0. The number of hydrogen-bond donors (Lipinski definition) is 3. The van der Waals surface area contributed by atoms with E-state index in [1.807, 2.05) is 0 Å². The smallest absolute Gasteiger partial charge is 0.120 e. The number of rotatable bonds is 5. The molecule has 1 unspecified atom stereocenters. The number of benzene rings is 1. The van der Waals surface area contributed by atoms with Crippen LogP contribution in [0.5, 0.6) is 5.75 Å². The molecule has 0 aliphatic carbocycles. The molecule has 0 saturated carbocycles. The quantitative estimate of drug-likeness (QED) is 0.438. The van der Waals surface area contributed by atoms with E-state index in [0.29, 0.717) is 35.1 Å². The third-order valence-electron chi connectivity index (χ3n) is 3.45.